The van der Waals surface area contributed by atoms with Crippen molar-refractivity contribution < 1.29 is 0 Å². The molecule has 2 nitrogen and oxygen atoms in total. The summed E-state index contributed by atoms with van der Waals surface area (Å²) in [6, 6.07) is 8.73. The number of benzene rings is 2. The fourth-order valence-electron chi connectivity index (χ4n) is 1.67. The molecule has 0 aliphatic heterocycles. The van der Waals surface area contributed by atoms with Gasteiger partial charge in [0.2, 0.25) is 0 Å². The van der Waals surface area contributed by atoms with Gasteiger partial charge in [0.25, 0.3) is 0 Å². The van der Waals surface area contributed by atoms with Gasteiger partial charge in [0.05, 0.1) is 0 Å². The summed E-state index contributed by atoms with van der Waals surface area (Å²) >= 11 is 4.87. The fraction of sp³-hybridized carbons (Fsp3) is 0.143. The molecule has 0 saturated carbocycles. The van der Waals surface area contributed by atoms with Crippen LogP contribution in [-0.2, 0) is 0 Å². The average Bonchev–Trinajstić information content (AvgIpc) is 2.43. The molecule has 0 spiro atoms. The first kappa shape index (κ1) is 17.0. The monoisotopic (exact) mass is 614 g/mol. The third kappa shape index (κ3) is 3.68. The van der Waals surface area contributed by atoms with E-state index in [0.29, 0.717) is 0 Å². The number of anilines is 2. The van der Waals surface area contributed by atoms with Gasteiger partial charge in [0.1, 0.15) is 0 Å². The van der Waals surface area contributed by atoms with Gasteiger partial charge in [0, 0.05) is 0 Å². The number of hydrogen-bond donors (Lipinski definition) is 2. The zero-order valence-electron chi connectivity index (χ0n) is 11.1. The van der Waals surface area contributed by atoms with E-state index in [0.717, 1.165) is 11.4 Å². The molecule has 0 atom stereocenters. The number of nitrogen functional groups attached to an aromatic ring is 2. The Hall–Kier alpha value is 0.617. The quantitative estimate of drug-likeness (QED) is 0.309. The van der Waals surface area contributed by atoms with Gasteiger partial charge in [-0.3, -0.25) is 0 Å². The predicted octanol–water partition coefficient (Wildman–Crippen LogP) is 1.95. The van der Waals surface area contributed by atoms with Crippen LogP contribution in [0.5, 0.6) is 0 Å². The van der Waals surface area contributed by atoms with Gasteiger partial charge < -0.3 is 0 Å². The maximum atomic E-state index is 6.24. The summed E-state index contributed by atoms with van der Waals surface area (Å²) in [4.78, 5) is 0. The van der Waals surface area contributed by atoms with Crippen LogP contribution in [0.1, 0.15) is 11.1 Å². The standard InChI is InChI=1S/C14H14As2I2N2/c1-7-3-5-9(13(19)11(7)17)15-16-10-6-4-8(2)12(18)14(10)20/h3-6H,19-20H2,1-2H3. The van der Waals surface area contributed by atoms with E-state index < -0.39 is 0 Å². The molecule has 0 radical (unpaired) electrons. The van der Waals surface area contributed by atoms with Gasteiger partial charge in [0.15, 0.2) is 0 Å². The molecule has 0 aliphatic carbocycles. The average molecular weight is 614 g/mol. The van der Waals surface area contributed by atoms with Gasteiger partial charge in [-0.15, -0.1) is 0 Å². The van der Waals surface area contributed by atoms with Crippen molar-refractivity contribution in [2.45, 2.75) is 13.8 Å². The van der Waals surface area contributed by atoms with E-state index in [4.69, 9.17) is 11.5 Å². The van der Waals surface area contributed by atoms with Crippen molar-refractivity contribution in [2.24, 2.45) is 0 Å². The molecule has 0 bridgehead atoms. The van der Waals surface area contributed by atoms with Crippen molar-refractivity contribution in [1.29, 1.82) is 0 Å². The number of aryl methyl sites for hydroxylation is 2. The van der Waals surface area contributed by atoms with E-state index in [2.05, 4.69) is 83.3 Å². The summed E-state index contributed by atoms with van der Waals surface area (Å²) in [5.41, 5.74) is 16.9. The molecule has 104 valence electrons. The molecule has 6 heteroatoms. The van der Waals surface area contributed by atoms with Crippen LogP contribution >= 0.6 is 45.2 Å². The Kier molecular flexibility index (Phi) is 6.16. The Morgan fingerprint density at radius 1 is 0.750 bits per heavy atom. The van der Waals surface area contributed by atoms with Crippen LogP contribution in [0.3, 0.4) is 0 Å². The molecule has 0 aliphatic rings. The van der Waals surface area contributed by atoms with Crippen molar-refractivity contribution in [3.63, 3.8) is 0 Å². The summed E-state index contributed by atoms with van der Waals surface area (Å²) in [5, 5.41) is 0. The third-order valence-electron chi connectivity index (χ3n) is 2.97. The first-order valence-corrected chi connectivity index (χ1v) is 15.2. The first-order valence-electron chi connectivity index (χ1n) is 5.92. The molecule has 20 heavy (non-hydrogen) atoms. The Bertz CT molecular complexity index is 641. The molecule has 0 unspecified atom stereocenters. The van der Waals surface area contributed by atoms with Gasteiger partial charge in [-0.25, -0.2) is 0 Å². The molecular weight excluding hydrogens is 600 g/mol. The molecule has 2 rings (SSSR count). The SMILES string of the molecule is Cc1ccc([As]=[As]c2ccc(C)c(I)c2N)c(N)c1I. The second-order valence-corrected chi connectivity index (χ2v) is 13.8. The normalized spacial score (nSPS) is 11.2. The molecular formula is C14H14As2I2N2. The van der Waals surface area contributed by atoms with E-state index >= 15 is 0 Å². The van der Waals surface area contributed by atoms with Crippen molar-refractivity contribution >= 4 is 91.5 Å². The van der Waals surface area contributed by atoms with Crippen LogP contribution < -0.4 is 20.2 Å². The fourth-order valence-corrected chi connectivity index (χ4v) is 11.7. The molecule has 4 N–H and O–H groups in total. The summed E-state index contributed by atoms with van der Waals surface area (Å²) in [7, 11) is 0. The minimum atomic E-state index is 0.0972. The molecule has 0 fully saturated rings. The van der Waals surface area contributed by atoms with Gasteiger partial charge >= 0.3 is 159 Å². The van der Waals surface area contributed by atoms with E-state index in [-0.39, 0.29) is 26.3 Å². The maximum absolute atomic E-state index is 6.24. The van der Waals surface area contributed by atoms with Crippen LogP contribution in [0.25, 0.3) is 0 Å². The van der Waals surface area contributed by atoms with E-state index in [1.165, 1.54) is 27.0 Å². The summed E-state index contributed by atoms with van der Waals surface area (Å²) in [6.45, 7) is 4.21. The zero-order chi connectivity index (χ0) is 14.9. The van der Waals surface area contributed by atoms with Crippen LogP contribution in [0.2, 0.25) is 0 Å². The minimum absolute atomic E-state index is 0.0972. The van der Waals surface area contributed by atoms with E-state index in [1.807, 2.05) is 0 Å². The first-order chi connectivity index (χ1) is 9.41. The van der Waals surface area contributed by atoms with Crippen molar-refractivity contribution in [2.75, 3.05) is 11.5 Å². The topological polar surface area (TPSA) is 52.0 Å². The van der Waals surface area contributed by atoms with E-state index in [9.17, 15) is 0 Å². The van der Waals surface area contributed by atoms with Crippen LogP contribution in [0, 0.1) is 21.0 Å². The second kappa shape index (κ2) is 7.25. The number of hydrogen-bond acceptors (Lipinski definition) is 2. The van der Waals surface area contributed by atoms with Gasteiger partial charge in [-0.05, 0) is 0 Å². The van der Waals surface area contributed by atoms with Crippen molar-refractivity contribution in [3.05, 3.63) is 42.5 Å². The molecule has 2 aromatic carbocycles. The molecule has 0 aromatic heterocycles. The molecule has 0 amide bonds. The van der Waals surface area contributed by atoms with Crippen LogP contribution in [0.4, 0.5) is 11.4 Å². The van der Waals surface area contributed by atoms with Crippen molar-refractivity contribution in [1.82, 2.24) is 0 Å². The predicted molar refractivity (Wildman–Crippen MR) is 107 cm³/mol. The summed E-state index contributed by atoms with van der Waals surface area (Å²) in [6.07, 6.45) is 0. The Morgan fingerprint density at radius 2 is 1.10 bits per heavy atom. The Morgan fingerprint density at radius 3 is 1.45 bits per heavy atom. The summed E-state index contributed by atoms with van der Waals surface area (Å²) < 4.78 is 5.07. The zero-order valence-corrected chi connectivity index (χ0v) is 19.2. The number of rotatable bonds is 2. The molecule has 0 saturated heterocycles. The second-order valence-electron chi connectivity index (χ2n) is 4.46. The molecule has 2 aromatic rings. The third-order valence-corrected chi connectivity index (χ3v) is 14.4. The van der Waals surface area contributed by atoms with Gasteiger partial charge in [-0.2, -0.15) is 0 Å². The van der Waals surface area contributed by atoms with Crippen LogP contribution in [-0.4, -0.2) is 26.3 Å². The summed E-state index contributed by atoms with van der Waals surface area (Å²) in [5.74, 6) is 0. The van der Waals surface area contributed by atoms with Crippen molar-refractivity contribution in [3.8, 4) is 0 Å². The number of nitrogens with two attached hydrogens (primary N) is 2. The van der Waals surface area contributed by atoms with Crippen LogP contribution in [0.15, 0.2) is 24.3 Å². The van der Waals surface area contributed by atoms with Gasteiger partial charge in [-0.1, -0.05) is 0 Å². The Balaban J connectivity index is 2.40. The Labute approximate surface area is 157 Å². The number of halogens is 2. The molecule has 0 heterocycles. The van der Waals surface area contributed by atoms with E-state index in [1.54, 1.807) is 0 Å².